The second-order valence-corrected chi connectivity index (χ2v) is 7.47. The summed E-state index contributed by atoms with van der Waals surface area (Å²) in [6, 6.07) is 10.9. The maximum absolute atomic E-state index is 13.1. The van der Waals surface area contributed by atoms with Gasteiger partial charge in [-0.15, -0.1) is 11.3 Å². The molecule has 0 spiro atoms. The maximum atomic E-state index is 13.1. The van der Waals surface area contributed by atoms with Crippen LogP contribution >= 0.6 is 11.3 Å². The van der Waals surface area contributed by atoms with E-state index >= 15 is 0 Å². The van der Waals surface area contributed by atoms with Crippen LogP contribution in [0.1, 0.15) is 5.69 Å². The van der Waals surface area contributed by atoms with Crippen molar-refractivity contribution in [1.82, 2.24) is 9.88 Å². The summed E-state index contributed by atoms with van der Waals surface area (Å²) in [5.41, 5.74) is 1.33. The van der Waals surface area contributed by atoms with Crippen LogP contribution in [0.3, 0.4) is 0 Å². The van der Waals surface area contributed by atoms with E-state index in [4.69, 9.17) is 9.15 Å². The van der Waals surface area contributed by atoms with Crippen molar-refractivity contribution in [2.45, 2.75) is 12.5 Å². The Morgan fingerprint density at radius 1 is 1.25 bits per heavy atom. The normalized spacial score (nSPS) is 15.6. The number of thiazole rings is 1. The van der Waals surface area contributed by atoms with Gasteiger partial charge in [-0.25, -0.2) is 4.98 Å². The molecule has 0 bridgehead atoms. The summed E-state index contributed by atoms with van der Waals surface area (Å²) in [6.45, 7) is 0.169. The van der Waals surface area contributed by atoms with Gasteiger partial charge >= 0.3 is 0 Å². The van der Waals surface area contributed by atoms with Crippen LogP contribution in [0, 0.1) is 0 Å². The van der Waals surface area contributed by atoms with Crippen LogP contribution in [0.15, 0.2) is 52.5 Å². The fourth-order valence-electron chi connectivity index (χ4n) is 3.04. The van der Waals surface area contributed by atoms with Gasteiger partial charge in [-0.05, 0) is 24.3 Å². The molecule has 0 saturated carbocycles. The van der Waals surface area contributed by atoms with Crippen LogP contribution in [0.2, 0.25) is 0 Å². The molecule has 0 saturated heterocycles. The molecule has 7 nitrogen and oxygen atoms in total. The van der Waals surface area contributed by atoms with Gasteiger partial charge in [0.25, 0.3) is 5.91 Å². The largest absolute Gasteiger partial charge is 0.476 e. The Morgan fingerprint density at radius 3 is 2.82 bits per heavy atom. The molecule has 8 heteroatoms. The SMILES string of the molecule is CN(C)C(=O)[C@H]1CN(C(=O)Cc2csc(-c3ccco3)n2)c2ccccc2O1. The number of para-hydroxylation sites is 2. The number of hydrogen-bond acceptors (Lipinski definition) is 6. The molecule has 3 heterocycles. The second kappa shape index (κ2) is 7.47. The second-order valence-electron chi connectivity index (χ2n) is 6.61. The van der Waals surface area contributed by atoms with Crippen molar-refractivity contribution in [3.05, 3.63) is 53.7 Å². The van der Waals surface area contributed by atoms with Crippen LogP contribution in [0.5, 0.6) is 5.75 Å². The van der Waals surface area contributed by atoms with Gasteiger partial charge in [0.05, 0.1) is 30.6 Å². The van der Waals surface area contributed by atoms with E-state index in [2.05, 4.69) is 4.98 Å². The number of carbonyl (C=O) groups excluding carboxylic acids is 2. The number of carbonyl (C=O) groups is 2. The number of furan rings is 1. The smallest absolute Gasteiger partial charge is 0.265 e. The molecule has 0 N–H and O–H groups in total. The third kappa shape index (κ3) is 3.50. The first kappa shape index (κ1) is 18.2. The van der Waals surface area contributed by atoms with Crippen molar-refractivity contribution in [1.29, 1.82) is 0 Å². The lowest BCUT2D eigenvalue weighted by Gasteiger charge is -2.35. The Balaban J connectivity index is 1.56. The average Bonchev–Trinajstić information content (AvgIpc) is 3.38. The summed E-state index contributed by atoms with van der Waals surface area (Å²) in [6.07, 6.45) is 0.991. The molecule has 4 rings (SSSR count). The Hall–Kier alpha value is -3.13. The average molecular weight is 397 g/mol. The zero-order chi connectivity index (χ0) is 19.7. The molecular formula is C20H19N3O4S. The highest BCUT2D eigenvalue weighted by atomic mass is 32.1. The lowest BCUT2D eigenvalue weighted by Crippen LogP contribution is -2.50. The molecule has 1 atom stereocenters. The Bertz CT molecular complexity index is 997. The summed E-state index contributed by atoms with van der Waals surface area (Å²) >= 11 is 1.43. The van der Waals surface area contributed by atoms with Gasteiger partial charge < -0.3 is 19.0 Å². The Labute approximate surface area is 166 Å². The number of amides is 2. The third-order valence-corrected chi connectivity index (χ3v) is 5.31. The monoisotopic (exact) mass is 397 g/mol. The topological polar surface area (TPSA) is 75.9 Å². The molecule has 0 radical (unpaired) electrons. The summed E-state index contributed by atoms with van der Waals surface area (Å²) in [7, 11) is 3.34. The van der Waals surface area contributed by atoms with Crippen LogP contribution < -0.4 is 9.64 Å². The number of nitrogens with zero attached hydrogens (tertiary/aromatic N) is 3. The number of aromatic nitrogens is 1. The molecule has 0 unspecified atom stereocenters. The van der Waals surface area contributed by atoms with E-state index in [0.717, 1.165) is 5.01 Å². The molecule has 2 amide bonds. The Morgan fingerprint density at radius 2 is 2.07 bits per heavy atom. The Kier molecular flexibility index (Phi) is 4.87. The molecule has 144 valence electrons. The zero-order valence-electron chi connectivity index (χ0n) is 15.5. The minimum Gasteiger partial charge on any atom is -0.476 e. The number of hydrogen-bond donors (Lipinski definition) is 0. The molecule has 0 fully saturated rings. The predicted octanol–water partition coefficient (Wildman–Crippen LogP) is 2.83. The van der Waals surface area contributed by atoms with Gasteiger partial charge in [0.2, 0.25) is 5.91 Å². The molecule has 28 heavy (non-hydrogen) atoms. The fourth-order valence-corrected chi connectivity index (χ4v) is 3.83. The third-order valence-electron chi connectivity index (χ3n) is 4.41. The maximum Gasteiger partial charge on any atom is 0.265 e. The van der Waals surface area contributed by atoms with E-state index in [9.17, 15) is 9.59 Å². The predicted molar refractivity (Wildman–Crippen MR) is 105 cm³/mol. The number of benzene rings is 1. The first-order chi connectivity index (χ1) is 13.5. The first-order valence-electron chi connectivity index (χ1n) is 8.78. The molecule has 2 aromatic heterocycles. The van der Waals surface area contributed by atoms with Crippen molar-refractivity contribution >= 4 is 28.8 Å². The number of ether oxygens (including phenoxy) is 1. The first-order valence-corrected chi connectivity index (χ1v) is 9.66. The van der Waals surface area contributed by atoms with E-state index in [1.807, 2.05) is 29.6 Å². The highest BCUT2D eigenvalue weighted by molar-refractivity contribution is 7.13. The summed E-state index contributed by atoms with van der Waals surface area (Å²) < 4.78 is 11.2. The van der Waals surface area contributed by atoms with Crippen LogP contribution in [0.25, 0.3) is 10.8 Å². The van der Waals surface area contributed by atoms with Crippen molar-refractivity contribution in [3.8, 4) is 16.5 Å². The van der Waals surface area contributed by atoms with Crippen molar-refractivity contribution in [2.24, 2.45) is 0 Å². The fraction of sp³-hybridized carbons (Fsp3) is 0.250. The molecule has 1 aliphatic heterocycles. The van der Waals surface area contributed by atoms with Crippen molar-refractivity contribution in [3.63, 3.8) is 0 Å². The zero-order valence-corrected chi connectivity index (χ0v) is 16.3. The van der Waals surface area contributed by atoms with Crippen molar-refractivity contribution in [2.75, 3.05) is 25.5 Å². The molecular weight excluding hydrogens is 378 g/mol. The van der Waals surface area contributed by atoms with E-state index in [0.29, 0.717) is 22.9 Å². The van der Waals surface area contributed by atoms with E-state index in [-0.39, 0.29) is 24.8 Å². The quantitative estimate of drug-likeness (QED) is 0.677. The number of rotatable bonds is 4. The minimum absolute atomic E-state index is 0.133. The molecule has 3 aromatic rings. The summed E-state index contributed by atoms with van der Waals surface area (Å²) in [4.78, 5) is 33.0. The van der Waals surface area contributed by atoms with Crippen LogP contribution in [-0.2, 0) is 16.0 Å². The standard InChI is InChI=1S/C20H19N3O4S/c1-22(2)20(25)17-11-23(14-6-3-4-7-15(14)27-17)18(24)10-13-12-28-19(21-13)16-8-5-9-26-16/h3-9,12,17H,10-11H2,1-2H3/t17-/m1/s1. The van der Waals surface area contributed by atoms with Gasteiger partial charge in [-0.1, -0.05) is 12.1 Å². The summed E-state index contributed by atoms with van der Waals surface area (Å²) in [5, 5.41) is 2.58. The lowest BCUT2D eigenvalue weighted by atomic mass is 10.1. The van der Waals surface area contributed by atoms with E-state index < -0.39 is 6.10 Å². The highest BCUT2D eigenvalue weighted by Crippen LogP contribution is 2.34. The van der Waals surface area contributed by atoms with Gasteiger partial charge in [-0.3, -0.25) is 9.59 Å². The molecule has 1 aromatic carbocycles. The van der Waals surface area contributed by atoms with Crippen molar-refractivity contribution < 1.29 is 18.7 Å². The van der Waals surface area contributed by atoms with Crippen LogP contribution in [-0.4, -0.2) is 48.4 Å². The number of likely N-dealkylation sites (N-methyl/N-ethyl adjacent to an activating group) is 1. The van der Waals surface area contributed by atoms with Gasteiger partial charge in [0, 0.05) is 19.5 Å². The summed E-state index contributed by atoms with van der Waals surface area (Å²) in [5.74, 6) is 0.888. The van der Waals surface area contributed by atoms with E-state index in [1.165, 1.54) is 16.2 Å². The molecule has 0 aliphatic carbocycles. The highest BCUT2D eigenvalue weighted by Gasteiger charge is 2.34. The molecule has 1 aliphatic rings. The van der Waals surface area contributed by atoms with E-state index in [1.54, 1.807) is 37.4 Å². The number of fused-ring (bicyclic) bond motifs is 1. The lowest BCUT2D eigenvalue weighted by molar-refractivity contribution is -0.136. The van der Waals surface area contributed by atoms with Gasteiger partial charge in [-0.2, -0.15) is 0 Å². The van der Waals surface area contributed by atoms with Gasteiger partial charge in [0.1, 0.15) is 5.75 Å². The number of anilines is 1. The minimum atomic E-state index is -0.733. The van der Waals surface area contributed by atoms with Gasteiger partial charge in [0.15, 0.2) is 16.9 Å². The van der Waals surface area contributed by atoms with Crippen LogP contribution in [0.4, 0.5) is 5.69 Å².